The van der Waals surface area contributed by atoms with Crippen LogP contribution >= 0.6 is 0 Å². The number of aliphatic hydroxyl groups excluding tert-OH is 1. The largest absolute Gasteiger partial charge is 0.494 e. The number of amides is 2. The molecule has 0 saturated carbocycles. The van der Waals surface area contributed by atoms with Crippen LogP contribution in [0, 0.1) is 0 Å². The zero-order valence-electron chi connectivity index (χ0n) is 20.0. The van der Waals surface area contributed by atoms with Crippen LogP contribution in [0.4, 0.5) is 0 Å². The number of ketones is 1. The molecular weight excluding hydrogens is 450 g/mol. The van der Waals surface area contributed by atoms with Crippen molar-refractivity contribution in [1.29, 1.82) is 0 Å². The summed E-state index contributed by atoms with van der Waals surface area (Å²) in [5, 5.41) is 13.7. The monoisotopic (exact) mass is 483 g/mol. The van der Waals surface area contributed by atoms with Crippen molar-refractivity contribution < 1.29 is 29.0 Å². The summed E-state index contributed by atoms with van der Waals surface area (Å²) in [5.74, 6) is -1.25. The van der Waals surface area contributed by atoms with E-state index in [2.05, 4.69) is 15.5 Å². The second-order valence-electron chi connectivity index (χ2n) is 8.26. The lowest BCUT2D eigenvalue weighted by Crippen LogP contribution is -2.51. The average molecular weight is 484 g/mol. The van der Waals surface area contributed by atoms with Gasteiger partial charge in [-0.05, 0) is 48.2 Å². The number of nitrogens with one attached hydrogen (secondary N) is 2. The number of aliphatic hydroxyl groups is 1. The molecule has 2 aromatic carbocycles. The quantitative estimate of drug-likeness (QED) is 0.325. The van der Waals surface area contributed by atoms with E-state index in [1.165, 1.54) is 7.05 Å². The van der Waals surface area contributed by atoms with E-state index >= 15 is 0 Å². The molecule has 3 rings (SSSR count). The summed E-state index contributed by atoms with van der Waals surface area (Å²) in [6, 6.07) is 13.1. The third kappa shape index (κ3) is 7.88. The van der Waals surface area contributed by atoms with Gasteiger partial charge in [0.1, 0.15) is 12.4 Å². The molecule has 1 aliphatic heterocycles. The highest BCUT2D eigenvalue weighted by atomic mass is 16.5. The fraction of sp³-hybridized carbons (Fsp3) is 0.423. The van der Waals surface area contributed by atoms with Gasteiger partial charge in [-0.2, -0.15) is 0 Å². The Labute approximate surface area is 205 Å². The number of ether oxygens (including phenoxy) is 2. The molecule has 3 N–H and O–H groups in total. The Morgan fingerprint density at radius 3 is 2.37 bits per heavy atom. The van der Waals surface area contributed by atoms with Gasteiger partial charge in [0.2, 0.25) is 5.91 Å². The summed E-state index contributed by atoms with van der Waals surface area (Å²) >= 11 is 0. The summed E-state index contributed by atoms with van der Waals surface area (Å²) in [7, 11) is 1.35. The first-order valence-electron chi connectivity index (χ1n) is 11.8. The van der Waals surface area contributed by atoms with Crippen molar-refractivity contribution in [2.45, 2.75) is 18.9 Å². The van der Waals surface area contributed by atoms with E-state index in [-0.39, 0.29) is 0 Å². The number of likely N-dealkylation sites (N-methyl/N-ethyl adjacent to an activating group) is 1. The van der Waals surface area contributed by atoms with Crippen LogP contribution in [0.1, 0.15) is 23.2 Å². The van der Waals surface area contributed by atoms with Crippen LogP contribution in [0.2, 0.25) is 0 Å². The Balaban J connectivity index is 1.50. The number of benzene rings is 2. The van der Waals surface area contributed by atoms with Gasteiger partial charge < -0.3 is 30.1 Å². The van der Waals surface area contributed by atoms with Crippen molar-refractivity contribution in [3.63, 3.8) is 0 Å². The topological polar surface area (TPSA) is 117 Å². The third-order valence-corrected chi connectivity index (χ3v) is 5.80. The van der Waals surface area contributed by atoms with Gasteiger partial charge in [-0.1, -0.05) is 24.3 Å². The van der Waals surface area contributed by atoms with Gasteiger partial charge in [-0.15, -0.1) is 0 Å². The van der Waals surface area contributed by atoms with Gasteiger partial charge in [0, 0.05) is 38.9 Å². The average Bonchev–Trinajstić information content (AvgIpc) is 3.18. The van der Waals surface area contributed by atoms with E-state index in [0.717, 1.165) is 62.6 Å². The molecular formula is C26H33N3O6. The van der Waals surface area contributed by atoms with Crippen LogP contribution in [0.5, 0.6) is 5.75 Å². The summed E-state index contributed by atoms with van der Waals surface area (Å²) in [5.41, 5.74) is 2.17. The number of hydrogen-bond acceptors (Lipinski definition) is 7. The second-order valence-corrected chi connectivity index (χ2v) is 8.26. The van der Waals surface area contributed by atoms with E-state index in [0.29, 0.717) is 12.2 Å². The Bertz CT molecular complexity index is 954. The van der Waals surface area contributed by atoms with Crippen LogP contribution in [0.25, 0.3) is 11.1 Å². The molecule has 0 radical (unpaired) electrons. The van der Waals surface area contributed by atoms with Crippen LogP contribution in [0.15, 0.2) is 48.5 Å². The number of Topliss-reactive ketones (excluding diaryl/α,β-unsaturated/α-hetero) is 1. The molecule has 1 fully saturated rings. The molecule has 9 nitrogen and oxygen atoms in total. The Kier molecular flexibility index (Phi) is 10.2. The third-order valence-electron chi connectivity index (χ3n) is 5.80. The molecule has 0 bridgehead atoms. The molecule has 188 valence electrons. The van der Waals surface area contributed by atoms with Crippen LogP contribution in [-0.4, -0.2) is 86.8 Å². The molecule has 1 atom stereocenters. The highest BCUT2D eigenvalue weighted by molar-refractivity contribution is 6.10. The van der Waals surface area contributed by atoms with Gasteiger partial charge in [0.15, 0.2) is 11.8 Å². The lowest BCUT2D eigenvalue weighted by molar-refractivity contribution is -0.132. The van der Waals surface area contributed by atoms with E-state index in [1.807, 2.05) is 24.3 Å². The number of nitrogens with zero attached hydrogens (tertiary/aromatic N) is 1. The van der Waals surface area contributed by atoms with Gasteiger partial charge in [0.25, 0.3) is 5.91 Å². The summed E-state index contributed by atoms with van der Waals surface area (Å²) in [6.07, 6.45) is 2.03. The van der Waals surface area contributed by atoms with Crippen molar-refractivity contribution in [1.82, 2.24) is 15.5 Å². The highest BCUT2D eigenvalue weighted by Crippen LogP contribution is 2.23. The summed E-state index contributed by atoms with van der Waals surface area (Å²) in [4.78, 5) is 38.5. The predicted molar refractivity (Wildman–Crippen MR) is 131 cm³/mol. The first-order valence-corrected chi connectivity index (χ1v) is 11.8. The minimum atomic E-state index is -1.44. The molecule has 35 heavy (non-hydrogen) atoms. The molecule has 1 saturated heterocycles. The lowest BCUT2D eigenvalue weighted by Gasteiger charge is -2.18. The predicted octanol–water partition coefficient (Wildman–Crippen LogP) is 1.25. The normalized spacial score (nSPS) is 15.0. The maximum Gasteiger partial charge on any atom is 0.252 e. The Hall–Kier alpha value is -3.27. The molecule has 9 heteroatoms. The number of carbonyl (C=O) groups excluding carboxylic acids is 3. The number of carbonyl (C=O) groups is 3. The second kappa shape index (κ2) is 13.6. The van der Waals surface area contributed by atoms with Gasteiger partial charge >= 0.3 is 0 Å². The minimum Gasteiger partial charge on any atom is -0.494 e. The summed E-state index contributed by atoms with van der Waals surface area (Å²) in [6.45, 7) is 4.50. The number of hydrogen-bond donors (Lipinski definition) is 3. The highest BCUT2D eigenvalue weighted by Gasteiger charge is 2.27. The van der Waals surface area contributed by atoms with Crippen molar-refractivity contribution in [2.24, 2.45) is 0 Å². The van der Waals surface area contributed by atoms with Gasteiger partial charge in [0.05, 0.1) is 13.2 Å². The minimum absolute atomic E-state index is 0.296. The molecule has 2 amide bonds. The molecule has 0 aromatic heterocycles. The zero-order chi connectivity index (χ0) is 25.0. The van der Waals surface area contributed by atoms with Crippen LogP contribution in [-0.2, 0) is 14.3 Å². The molecule has 2 aromatic rings. The fourth-order valence-corrected chi connectivity index (χ4v) is 3.80. The van der Waals surface area contributed by atoms with E-state index in [4.69, 9.17) is 14.6 Å². The van der Waals surface area contributed by atoms with Crippen LogP contribution in [0.3, 0.4) is 0 Å². The van der Waals surface area contributed by atoms with Gasteiger partial charge in [-0.3, -0.25) is 14.4 Å². The molecule has 1 unspecified atom stereocenters. The summed E-state index contributed by atoms with van der Waals surface area (Å²) < 4.78 is 11.4. The zero-order valence-corrected chi connectivity index (χ0v) is 20.0. The number of rotatable bonds is 11. The fourth-order valence-electron chi connectivity index (χ4n) is 3.80. The van der Waals surface area contributed by atoms with E-state index < -0.39 is 30.2 Å². The molecule has 1 aliphatic rings. The first kappa shape index (κ1) is 26.3. The Morgan fingerprint density at radius 1 is 1.03 bits per heavy atom. The molecule has 1 heterocycles. The van der Waals surface area contributed by atoms with E-state index in [9.17, 15) is 14.4 Å². The Morgan fingerprint density at radius 2 is 1.71 bits per heavy atom. The van der Waals surface area contributed by atoms with Crippen molar-refractivity contribution in [3.8, 4) is 16.9 Å². The van der Waals surface area contributed by atoms with Crippen molar-refractivity contribution in [2.75, 3.05) is 53.1 Å². The molecule has 0 spiro atoms. The van der Waals surface area contributed by atoms with Crippen molar-refractivity contribution in [3.05, 3.63) is 54.1 Å². The van der Waals surface area contributed by atoms with Crippen LogP contribution < -0.4 is 15.4 Å². The first-order chi connectivity index (χ1) is 17.0. The lowest BCUT2D eigenvalue weighted by atomic mass is 10.0. The van der Waals surface area contributed by atoms with Gasteiger partial charge in [-0.25, -0.2) is 0 Å². The molecule has 0 aliphatic carbocycles. The maximum atomic E-state index is 12.5. The SMILES string of the molecule is CNC(=O)C(NC(=O)c1ccc(-c2ccc(OCCCN3CCCOCC3)cc2)cc1)C(=O)CO. The standard InChI is InChI=1S/C26H33N3O6/c1-27-26(33)24(23(31)18-30)28-25(32)21-6-4-19(5-7-21)20-8-10-22(11-9-20)35-16-3-13-29-12-2-15-34-17-14-29/h4-11,24,30H,2-3,12-18H2,1H3,(H,27,33)(H,28,32). The maximum absolute atomic E-state index is 12.5. The van der Waals surface area contributed by atoms with E-state index in [1.54, 1.807) is 24.3 Å². The smallest absolute Gasteiger partial charge is 0.252 e. The van der Waals surface area contributed by atoms with Crippen molar-refractivity contribution >= 4 is 17.6 Å².